The Balaban J connectivity index is 2.21. The number of benzene rings is 2. The van der Waals surface area contributed by atoms with Crippen LogP contribution in [0, 0.1) is 0 Å². The molecule has 2 aromatic carbocycles. The molecule has 2 aromatic rings. The number of methoxy groups -OCH3 is 1. The summed E-state index contributed by atoms with van der Waals surface area (Å²) in [6.45, 7) is 2.72. The van der Waals surface area contributed by atoms with Gasteiger partial charge in [0, 0.05) is 19.2 Å². The van der Waals surface area contributed by atoms with Crippen LogP contribution in [0.25, 0.3) is 11.1 Å². The van der Waals surface area contributed by atoms with E-state index in [1.54, 1.807) is 19.1 Å². The van der Waals surface area contributed by atoms with Gasteiger partial charge in [0.15, 0.2) is 0 Å². The number of carbonyl (C=O) groups excluding carboxylic acids is 1. The second-order valence-corrected chi connectivity index (χ2v) is 6.07. The molecule has 2 rings (SSSR count). The largest absolute Gasteiger partial charge is 0.383 e. The molecule has 0 fully saturated rings. The number of carbonyl (C=O) groups is 1. The highest BCUT2D eigenvalue weighted by atomic mass is 16.5. The molecule has 0 heterocycles. The van der Waals surface area contributed by atoms with Crippen LogP contribution in [0.1, 0.15) is 17.3 Å². The highest BCUT2D eigenvalue weighted by molar-refractivity contribution is 5.95. The SMILES string of the molecule is CNC(NO)C(C)N(CCOC)C(=O)c1ccc(-c2ccccc2)cc1. The van der Waals surface area contributed by atoms with Crippen molar-refractivity contribution in [2.24, 2.45) is 0 Å². The zero-order chi connectivity index (χ0) is 18.9. The van der Waals surface area contributed by atoms with Crippen molar-refractivity contribution >= 4 is 5.91 Å². The minimum Gasteiger partial charge on any atom is -0.383 e. The van der Waals surface area contributed by atoms with Gasteiger partial charge < -0.3 is 20.2 Å². The maximum Gasteiger partial charge on any atom is 0.254 e. The Kier molecular flexibility index (Phi) is 7.74. The molecule has 0 saturated carbocycles. The van der Waals surface area contributed by atoms with Crippen molar-refractivity contribution in [3.63, 3.8) is 0 Å². The van der Waals surface area contributed by atoms with E-state index in [-0.39, 0.29) is 11.9 Å². The molecular weight excluding hydrogens is 330 g/mol. The van der Waals surface area contributed by atoms with Crippen molar-refractivity contribution in [3.8, 4) is 11.1 Å². The Bertz CT molecular complexity index is 672. The number of likely N-dealkylation sites (N-methyl/N-ethyl adjacent to an activating group) is 1. The Morgan fingerprint density at radius 3 is 2.27 bits per heavy atom. The fourth-order valence-electron chi connectivity index (χ4n) is 2.88. The number of rotatable bonds is 9. The van der Waals surface area contributed by atoms with Crippen molar-refractivity contribution in [2.75, 3.05) is 27.3 Å². The normalized spacial score (nSPS) is 13.2. The fraction of sp³-hybridized carbons (Fsp3) is 0.350. The molecular formula is C20H27N3O3. The van der Waals surface area contributed by atoms with E-state index in [1.807, 2.05) is 61.5 Å². The molecule has 3 N–H and O–H groups in total. The Hall–Kier alpha value is -2.25. The van der Waals surface area contributed by atoms with Gasteiger partial charge in [0.25, 0.3) is 5.91 Å². The Morgan fingerprint density at radius 1 is 1.12 bits per heavy atom. The van der Waals surface area contributed by atoms with Gasteiger partial charge in [-0.25, -0.2) is 0 Å². The molecule has 0 aromatic heterocycles. The highest BCUT2D eigenvalue weighted by Crippen LogP contribution is 2.20. The quantitative estimate of drug-likeness (QED) is 0.475. The zero-order valence-electron chi connectivity index (χ0n) is 15.5. The third-order valence-corrected chi connectivity index (χ3v) is 4.46. The summed E-state index contributed by atoms with van der Waals surface area (Å²) in [5.74, 6) is -0.107. The van der Waals surface area contributed by atoms with Gasteiger partial charge in [0.1, 0.15) is 6.17 Å². The van der Waals surface area contributed by atoms with Crippen LogP contribution in [0.4, 0.5) is 0 Å². The second kappa shape index (κ2) is 10.0. The number of ether oxygens (including phenoxy) is 1. The van der Waals surface area contributed by atoms with E-state index in [0.717, 1.165) is 11.1 Å². The summed E-state index contributed by atoms with van der Waals surface area (Å²) in [4.78, 5) is 14.7. The summed E-state index contributed by atoms with van der Waals surface area (Å²) >= 11 is 0. The number of hydroxylamine groups is 1. The molecule has 0 saturated heterocycles. The fourth-order valence-corrected chi connectivity index (χ4v) is 2.88. The van der Waals surface area contributed by atoms with E-state index in [9.17, 15) is 10.0 Å². The third kappa shape index (κ3) is 4.89. The predicted octanol–water partition coefficient (Wildman–Crippen LogP) is 2.35. The second-order valence-electron chi connectivity index (χ2n) is 6.07. The lowest BCUT2D eigenvalue weighted by molar-refractivity contribution is 0.0346. The van der Waals surface area contributed by atoms with Crippen LogP contribution in [-0.4, -0.2) is 55.5 Å². The summed E-state index contributed by atoms with van der Waals surface area (Å²) in [6, 6.07) is 17.3. The maximum absolute atomic E-state index is 13.0. The van der Waals surface area contributed by atoms with E-state index < -0.39 is 6.17 Å². The first-order valence-electron chi connectivity index (χ1n) is 8.64. The number of nitrogens with zero attached hydrogens (tertiary/aromatic N) is 1. The molecule has 6 heteroatoms. The smallest absolute Gasteiger partial charge is 0.254 e. The summed E-state index contributed by atoms with van der Waals surface area (Å²) in [7, 11) is 3.32. The van der Waals surface area contributed by atoms with Gasteiger partial charge in [-0.2, -0.15) is 5.48 Å². The van der Waals surface area contributed by atoms with Crippen LogP contribution in [0.3, 0.4) is 0 Å². The van der Waals surface area contributed by atoms with Gasteiger partial charge in [-0.1, -0.05) is 42.5 Å². The van der Waals surface area contributed by atoms with Crippen molar-refractivity contribution in [2.45, 2.75) is 19.1 Å². The molecule has 2 atom stereocenters. The van der Waals surface area contributed by atoms with Gasteiger partial charge >= 0.3 is 0 Å². The van der Waals surface area contributed by atoms with Crippen LogP contribution in [0.2, 0.25) is 0 Å². The van der Waals surface area contributed by atoms with Crippen molar-refractivity contribution in [1.82, 2.24) is 15.7 Å². The van der Waals surface area contributed by atoms with Gasteiger partial charge in [-0.3, -0.25) is 4.79 Å². The zero-order valence-corrected chi connectivity index (χ0v) is 15.5. The molecule has 0 bridgehead atoms. The van der Waals surface area contributed by atoms with Crippen LogP contribution in [0.15, 0.2) is 54.6 Å². The van der Waals surface area contributed by atoms with Crippen LogP contribution < -0.4 is 10.8 Å². The molecule has 0 aliphatic carbocycles. The molecule has 6 nitrogen and oxygen atoms in total. The summed E-state index contributed by atoms with van der Waals surface area (Å²) in [6.07, 6.45) is -0.445. The molecule has 0 aliphatic heterocycles. The molecule has 0 aliphatic rings. The average Bonchev–Trinajstić information content (AvgIpc) is 2.70. The monoisotopic (exact) mass is 357 g/mol. The van der Waals surface area contributed by atoms with E-state index >= 15 is 0 Å². The molecule has 140 valence electrons. The molecule has 1 amide bonds. The lowest BCUT2D eigenvalue weighted by Crippen LogP contribution is -2.56. The maximum atomic E-state index is 13.0. The molecule has 0 radical (unpaired) electrons. The Morgan fingerprint density at radius 2 is 1.73 bits per heavy atom. The van der Waals surface area contributed by atoms with Crippen LogP contribution >= 0.6 is 0 Å². The number of hydrogen-bond acceptors (Lipinski definition) is 5. The number of nitrogens with one attached hydrogen (secondary N) is 2. The van der Waals surface area contributed by atoms with E-state index in [0.29, 0.717) is 18.7 Å². The highest BCUT2D eigenvalue weighted by Gasteiger charge is 2.26. The first-order valence-corrected chi connectivity index (χ1v) is 8.64. The van der Waals surface area contributed by atoms with Crippen LogP contribution in [0.5, 0.6) is 0 Å². The molecule has 2 unspecified atom stereocenters. The van der Waals surface area contributed by atoms with Crippen LogP contribution in [-0.2, 0) is 4.74 Å². The number of amides is 1. The van der Waals surface area contributed by atoms with E-state index in [1.165, 1.54) is 0 Å². The van der Waals surface area contributed by atoms with Crippen molar-refractivity contribution in [3.05, 3.63) is 60.2 Å². The first kappa shape index (κ1) is 20.1. The first-order chi connectivity index (χ1) is 12.6. The summed E-state index contributed by atoms with van der Waals surface area (Å²) in [5.41, 5.74) is 4.96. The molecule has 0 spiro atoms. The van der Waals surface area contributed by atoms with Gasteiger partial charge in [0.05, 0.1) is 12.6 Å². The lowest BCUT2D eigenvalue weighted by atomic mass is 10.0. The topological polar surface area (TPSA) is 73.8 Å². The predicted molar refractivity (Wildman–Crippen MR) is 102 cm³/mol. The van der Waals surface area contributed by atoms with Gasteiger partial charge in [0.2, 0.25) is 0 Å². The Labute approximate surface area is 154 Å². The van der Waals surface area contributed by atoms with Gasteiger partial charge in [-0.05, 0) is 37.2 Å². The summed E-state index contributed by atoms with van der Waals surface area (Å²) < 4.78 is 5.14. The average molecular weight is 357 g/mol. The third-order valence-electron chi connectivity index (χ3n) is 4.46. The van der Waals surface area contributed by atoms with E-state index in [4.69, 9.17) is 4.74 Å². The minimum absolute atomic E-state index is 0.107. The van der Waals surface area contributed by atoms with Crippen molar-refractivity contribution in [1.29, 1.82) is 0 Å². The number of hydrogen-bond donors (Lipinski definition) is 3. The van der Waals surface area contributed by atoms with Gasteiger partial charge in [-0.15, -0.1) is 0 Å². The summed E-state index contributed by atoms with van der Waals surface area (Å²) in [5, 5.41) is 12.3. The minimum atomic E-state index is -0.445. The van der Waals surface area contributed by atoms with E-state index in [2.05, 4.69) is 10.8 Å². The standard InChI is InChI=1S/C20H27N3O3/c1-15(19(21-2)22-25)23(13-14-26-3)20(24)18-11-9-17(10-12-18)16-7-5-4-6-8-16/h4-12,15,19,21-22,25H,13-14H2,1-3H3. The lowest BCUT2D eigenvalue weighted by Gasteiger charge is -2.34. The van der Waals surface area contributed by atoms with Crippen molar-refractivity contribution < 1.29 is 14.7 Å². The molecule has 26 heavy (non-hydrogen) atoms.